The molecule has 0 amide bonds. The summed E-state index contributed by atoms with van der Waals surface area (Å²) in [6, 6.07) is 5.73. The zero-order valence-corrected chi connectivity index (χ0v) is 23.6. The summed E-state index contributed by atoms with van der Waals surface area (Å²) in [6.07, 6.45) is 17.1. The molecule has 0 aliphatic carbocycles. The Hall–Kier alpha value is -1.48. The van der Waals surface area contributed by atoms with E-state index in [1.54, 1.807) is 6.07 Å². The van der Waals surface area contributed by atoms with E-state index >= 15 is 0 Å². The van der Waals surface area contributed by atoms with Gasteiger partial charge in [-0.3, -0.25) is 9.11 Å². The van der Waals surface area contributed by atoms with Gasteiger partial charge >= 0.3 is 0 Å². The predicted octanol–water partition coefficient (Wildman–Crippen LogP) is 7.92. The molecule has 0 radical (unpaired) electrons. The average molecular weight is 541 g/mol. The molecular weight excluding hydrogens is 496 g/mol. The number of fused-ring (bicyclic) bond motifs is 1. The third kappa shape index (κ3) is 9.77. The van der Waals surface area contributed by atoms with Crippen LogP contribution in [0.15, 0.2) is 34.1 Å². The van der Waals surface area contributed by atoms with Gasteiger partial charge in [-0.1, -0.05) is 97.0 Å². The van der Waals surface area contributed by atoms with Crippen LogP contribution in [0.2, 0.25) is 0 Å². The van der Waals surface area contributed by atoms with Gasteiger partial charge in [0.05, 0.1) is 4.90 Å². The van der Waals surface area contributed by atoms with Crippen molar-refractivity contribution < 1.29 is 25.9 Å². The fourth-order valence-corrected chi connectivity index (χ4v) is 6.16. The van der Waals surface area contributed by atoms with Gasteiger partial charge < -0.3 is 0 Å². The molecule has 8 heteroatoms. The summed E-state index contributed by atoms with van der Waals surface area (Å²) >= 11 is 0. The lowest BCUT2D eigenvalue weighted by atomic mass is 9.92. The van der Waals surface area contributed by atoms with Crippen LogP contribution in [0.3, 0.4) is 0 Å². The van der Waals surface area contributed by atoms with E-state index < -0.39 is 20.2 Å². The normalized spacial score (nSPS) is 12.4. The Balaban J connectivity index is 2.37. The number of hydrogen-bond acceptors (Lipinski definition) is 4. The molecule has 6 nitrogen and oxygen atoms in total. The number of hydrogen-bond donors (Lipinski definition) is 2. The highest BCUT2D eigenvalue weighted by atomic mass is 32.2. The van der Waals surface area contributed by atoms with Crippen molar-refractivity contribution in [3.05, 3.63) is 35.4 Å². The summed E-state index contributed by atoms with van der Waals surface area (Å²) in [7, 11) is -9.12. The first-order valence-corrected chi connectivity index (χ1v) is 16.5. The molecule has 0 unspecified atom stereocenters. The summed E-state index contributed by atoms with van der Waals surface area (Å²) in [5.41, 5.74) is 1.66. The van der Waals surface area contributed by atoms with E-state index in [1.807, 2.05) is 0 Å². The van der Waals surface area contributed by atoms with Crippen molar-refractivity contribution in [3.63, 3.8) is 0 Å². The Morgan fingerprint density at radius 3 is 1.53 bits per heavy atom. The highest BCUT2D eigenvalue weighted by Gasteiger charge is 2.22. The molecule has 204 valence electrons. The summed E-state index contributed by atoms with van der Waals surface area (Å²) in [5.74, 6) is 0. The van der Waals surface area contributed by atoms with Crippen molar-refractivity contribution in [2.24, 2.45) is 0 Å². The first kappa shape index (κ1) is 30.7. The summed E-state index contributed by atoms with van der Waals surface area (Å²) in [5, 5.41) is 0.848. The number of benzene rings is 2. The molecule has 0 bridgehead atoms. The number of rotatable bonds is 18. The second-order valence-electron chi connectivity index (χ2n) is 9.92. The van der Waals surface area contributed by atoms with E-state index in [-0.39, 0.29) is 15.2 Å². The Bertz CT molecular complexity index is 1170. The van der Waals surface area contributed by atoms with E-state index in [1.165, 1.54) is 63.1 Å². The van der Waals surface area contributed by atoms with Crippen molar-refractivity contribution in [2.75, 3.05) is 0 Å². The van der Waals surface area contributed by atoms with Gasteiger partial charge in [0.15, 0.2) is 0 Å². The van der Waals surface area contributed by atoms with Crippen LogP contribution in [0.1, 0.15) is 115 Å². The van der Waals surface area contributed by atoms with E-state index in [2.05, 4.69) is 13.8 Å². The first-order valence-electron chi connectivity index (χ1n) is 13.6. The standard InChI is InChI=1S/C28H44O6S2/c1-3-5-7-9-11-13-15-17-23-19-20-27(36(32,33)34)26-22-25(35(29,30)31)21-24(28(23)26)18-16-14-12-10-8-6-4-2/h19-22H,3-18H2,1-2H3,(H,29,30,31)(H,32,33,34). The molecule has 0 fully saturated rings. The van der Waals surface area contributed by atoms with E-state index in [4.69, 9.17) is 0 Å². The second-order valence-corrected chi connectivity index (χ2v) is 12.7. The van der Waals surface area contributed by atoms with Crippen LogP contribution in [-0.4, -0.2) is 25.9 Å². The minimum Gasteiger partial charge on any atom is -0.282 e. The summed E-state index contributed by atoms with van der Waals surface area (Å²) in [4.78, 5) is -0.668. The van der Waals surface area contributed by atoms with E-state index in [0.717, 1.165) is 56.9 Å². The van der Waals surface area contributed by atoms with Crippen LogP contribution >= 0.6 is 0 Å². The van der Waals surface area contributed by atoms with Gasteiger partial charge in [0.1, 0.15) is 4.90 Å². The minimum absolute atomic E-state index is 0.158. The molecule has 2 aromatic carbocycles. The highest BCUT2D eigenvalue weighted by molar-refractivity contribution is 7.86. The van der Waals surface area contributed by atoms with Crippen LogP contribution in [0.4, 0.5) is 0 Å². The largest absolute Gasteiger partial charge is 0.295 e. The van der Waals surface area contributed by atoms with Gasteiger partial charge in [-0.15, -0.1) is 0 Å². The van der Waals surface area contributed by atoms with Crippen LogP contribution in [0.25, 0.3) is 10.8 Å². The molecule has 0 aromatic heterocycles. The summed E-state index contributed by atoms with van der Waals surface area (Å²) in [6.45, 7) is 4.37. The quantitative estimate of drug-likeness (QED) is 0.147. The smallest absolute Gasteiger partial charge is 0.282 e. The molecule has 0 spiro atoms. The molecule has 2 aromatic rings. The molecule has 36 heavy (non-hydrogen) atoms. The molecule has 0 saturated heterocycles. The first-order chi connectivity index (χ1) is 17.1. The predicted molar refractivity (Wildman–Crippen MR) is 147 cm³/mol. The van der Waals surface area contributed by atoms with Gasteiger partial charge in [0.2, 0.25) is 0 Å². The van der Waals surface area contributed by atoms with Crippen molar-refractivity contribution in [1.29, 1.82) is 0 Å². The Kier molecular flexibility index (Phi) is 12.9. The fourth-order valence-electron chi connectivity index (χ4n) is 4.92. The second kappa shape index (κ2) is 15.1. The third-order valence-corrected chi connectivity index (χ3v) is 8.63. The van der Waals surface area contributed by atoms with Crippen LogP contribution in [0, 0.1) is 0 Å². The molecule has 2 N–H and O–H groups in total. The molecule has 2 rings (SSSR count). The van der Waals surface area contributed by atoms with Crippen LogP contribution in [-0.2, 0) is 33.1 Å². The topological polar surface area (TPSA) is 109 Å². The van der Waals surface area contributed by atoms with Gasteiger partial charge in [-0.2, -0.15) is 16.8 Å². The van der Waals surface area contributed by atoms with E-state index in [0.29, 0.717) is 17.4 Å². The maximum Gasteiger partial charge on any atom is 0.295 e. The Labute approximate surface area is 218 Å². The van der Waals surface area contributed by atoms with Gasteiger partial charge in [-0.25, -0.2) is 0 Å². The fraction of sp³-hybridized carbons (Fsp3) is 0.643. The molecule has 0 heterocycles. The highest BCUT2D eigenvalue weighted by Crippen LogP contribution is 2.34. The van der Waals surface area contributed by atoms with Gasteiger partial charge in [0, 0.05) is 5.39 Å². The molecule has 0 aliphatic heterocycles. The van der Waals surface area contributed by atoms with Crippen molar-refractivity contribution in [2.45, 2.75) is 126 Å². The third-order valence-electron chi connectivity index (χ3n) is 6.89. The van der Waals surface area contributed by atoms with Crippen molar-refractivity contribution in [3.8, 4) is 0 Å². The minimum atomic E-state index is -4.58. The average Bonchev–Trinajstić information content (AvgIpc) is 2.81. The number of aryl methyl sites for hydroxylation is 2. The lowest BCUT2D eigenvalue weighted by Crippen LogP contribution is -2.06. The zero-order valence-electron chi connectivity index (χ0n) is 22.0. The van der Waals surface area contributed by atoms with Crippen molar-refractivity contribution >= 4 is 31.0 Å². The van der Waals surface area contributed by atoms with Gasteiger partial charge in [0.25, 0.3) is 20.2 Å². The van der Waals surface area contributed by atoms with Gasteiger partial charge in [-0.05, 0) is 60.4 Å². The molecule has 0 atom stereocenters. The van der Waals surface area contributed by atoms with E-state index in [9.17, 15) is 25.9 Å². The SMILES string of the molecule is CCCCCCCCCc1ccc(S(=O)(=O)O)c2cc(S(=O)(=O)O)cc(CCCCCCCCC)c12. The van der Waals surface area contributed by atoms with Crippen LogP contribution < -0.4 is 0 Å². The maximum absolute atomic E-state index is 12.1. The Morgan fingerprint density at radius 2 is 1.06 bits per heavy atom. The monoisotopic (exact) mass is 540 g/mol. The summed E-state index contributed by atoms with van der Waals surface area (Å²) < 4.78 is 67.9. The number of unbranched alkanes of at least 4 members (excludes halogenated alkanes) is 12. The zero-order chi connectivity index (χ0) is 26.6. The molecule has 0 saturated carbocycles. The van der Waals surface area contributed by atoms with Crippen molar-refractivity contribution in [1.82, 2.24) is 0 Å². The molecule has 0 aliphatic rings. The molecular formula is C28H44O6S2. The van der Waals surface area contributed by atoms with Crippen LogP contribution in [0.5, 0.6) is 0 Å². The maximum atomic E-state index is 12.1. The Morgan fingerprint density at radius 1 is 0.583 bits per heavy atom. The lowest BCUT2D eigenvalue weighted by molar-refractivity contribution is 0.480. The lowest BCUT2D eigenvalue weighted by Gasteiger charge is -2.16.